The van der Waals surface area contributed by atoms with Crippen LogP contribution in [-0.4, -0.2) is 41.6 Å². The van der Waals surface area contributed by atoms with Gasteiger partial charge in [-0.05, 0) is 12.1 Å². The van der Waals surface area contributed by atoms with Crippen LogP contribution >= 0.6 is 0 Å². The van der Waals surface area contributed by atoms with Crippen LogP contribution in [0.5, 0.6) is 0 Å². The van der Waals surface area contributed by atoms with Gasteiger partial charge < -0.3 is 14.9 Å². The SMILES string of the molecule is N#Cc1c(CN2CCOC(CN)C2)cn2ccccc12. The van der Waals surface area contributed by atoms with Gasteiger partial charge >= 0.3 is 0 Å². The molecule has 1 atom stereocenters. The lowest BCUT2D eigenvalue weighted by Gasteiger charge is -2.32. The van der Waals surface area contributed by atoms with Crippen LogP contribution in [0.4, 0.5) is 0 Å². The number of nitrogens with zero attached hydrogens (tertiary/aromatic N) is 3. The molecular formula is C15H18N4O. The Labute approximate surface area is 118 Å². The van der Waals surface area contributed by atoms with E-state index in [1.54, 1.807) is 0 Å². The van der Waals surface area contributed by atoms with E-state index in [9.17, 15) is 5.26 Å². The Morgan fingerprint density at radius 2 is 2.35 bits per heavy atom. The zero-order chi connectivity index (χ0) is 13.9. The van der Waals surface area contributed by atoms with E-state index in [-0.39, 0.29) is 6.10 Å². The quantitative estimate of drug-likeness (QED) is 0.902. The standard InChI is InChI=1S/C15H18N4O/c16-7-13-11-18(5-6-20-13)9-12-10-19-4-2-1-3-15(19)14(12)8-17/h1-4,10,13H,5-7,9,11,16H2. The smallest absolute Gasteiger partial charge is 0.102 e. The van der Waals surface area contributed by atoms with E-state index in [1.165, 1.54) is 0 Å². The summed E-state index contributed by atoms with van der Waals surface area (Å²) in [6, 6.07) is 8.23. The van der Waals surface area contributed by atoms with Crippen molar-refractivity contribution in [1.82, 2.24) is 9.30 Å². The third-order valence-electron chi connectivity index (χ3n) is 3.75. The van der Waals surface area contributed by atoms with Crippen LogP contribution in [0.3, 0.4) is 0 Å². The lowest BCUT2D eigenvalue weighted by Crippen LogP contribution is -2.45. The molecule has 1 unspecified atom stereocenters. The topological polar surface area (TPSA) is 66.7 Å². The number of hydrogen-bond donors (Lipinski definition) is 1. The summed E-state index contributed by atoms with van der Waals surface area (Å²) in [5.74, 6) is 0. The summed E-state index contributed by atoms with van der Waals surface area (Å²) in [5.41, 5.74) is 8.47. The molecule has 3 heterocycles. The van der Waals surface area contributed by atoms with E-state index in [0.717, 1.165) is 36.3 Å². The molecule has 1 aliphatic rings. The molecule has 2 N–H and O–H groups in total. The van der Waals surface area contributed by atoms with Crippen molar-refractivity contribution in [3.63, 3.8) is 0 Å². The number of rotatable bonds is 3. The van der Waals surface area contributed by atoms with Gasteiger partial charge in [-0.2, -0.15) is 5.26 Å². The van der Waals surface area contributed by atoms with Crippen molar-refractivity contribution in [2.45, 2.75) is 12.6 Å². The average molecular weight is 270 g/mol. The Morgan fingerprint density at radius 3 is 3.15 bits per heavy atom. The highest BCUT2D eigenvalue weighted by Crippen LogP contribution is 2.20. The number of morpholine rings is 1. The largest absolute Gasteiger partial charge is 0.374 e. The van der Waals surface area contributed by atoms with Gasteiger partial charge in [-0.1, -0.05) is 6.07 Å². The normalized spacial score (nSPS) is 20.1. The van der Waals surface area contributed by atoms with E-state index >= 15 is 0 Å². The predicted molar refractivity (Wildman–Crippen MR) is 76.2 cm³/mol. The van der Waals surface area contributed by atoms with Crippen LogP contribution < -0.4 is 5.73 Å². The molecule has 0 bridgehead atoms. The van der Waals surface area contributed by atoms with Gasteiger partial charge in [0.1, 0.15) is 6.07 Å². The molecule has 5 nitrogen and oxygen atoms in total. The number of nitriles is 1. The molecule has 1 saturated heterocycles. The highest BCUT2D eigenvalue weighted by Gasteiger charge is 2.21. The molecule has 2 aromatic heterocycles. The van der Waals surface area contributed by atoms with E-state index in [0.29, 0.717) is 13.2 Å². The second-order valence-electron chi connectivity index (χ2n) is 5.10. The molecule has 1 aliphatic heterocycles. The first kappa shape index (κ1) is 13.1. The molecule has 3 rings (SSSR count). The Kier molecular flexibility index (Phi) is 3.70. The number of ether oxygens (including phenoxy) is 1. The third kappa shape index (κ3) is 2.41. The summed E-state index contributed by atoms with van der Waals surface area (Å²) in [6.07, 6.45) is 4.12. The first-order valence-electron chi connectivity index (χ1n) is 6.84. The van der Waals surface area contributed by atoms with Crippen LogP contribution in [0.1, 0.15) is 11.1 Å². The number of fused-ring (bicyclic) bond motifs is 1. The molecule has 0 aromatic carbocycles. The van der Waals surface area contributed by atoms with Crippen molar-refractivity contribution in [3.05, 3.63) is 41.7 Å². The molecule has 0 spiro atoms. The van der Waals surface area contributed by atoms with Gasteiger partial charge in [-0.3, -0.25) is 4.90 Å². The summed E-state index contributed by atoms with van der Waals surface area (Å²) in [7, 11) is 0. The summed E-state index contributed by atoms with van der Waals surface area (Å²) in [5, 5.41) is 9.41. The molecule has 2 aromatic rings. The molecule has 20 heavy (non-hydrogen) atoms. The Morgan fingerprint density at radius 1 is 1.45 bits per heavy atom. The summed E-state index contributed by atoms with van der Waals surface area (Å²) in [4.78, 5) is 2.30. The monoisotopic (exact) mass is 270 g/mol. The van der Waals surface area contributed by atoms with E-state index in [4.69, 9.17) is 10.5 Å². The molecule has 0 aliphatic carbocycles. The van der Waals surface area contributed by atoms with Gasteiger partial charge in [0.15, 0.2) is 0 Å². The molecule has 0 radical (unpaired) electrons. The fourth-order valence-corrected chi connectivity index (χ4v) is 2.73. The zero-order valence-corrected chi connectivity index (χ0v) is 11.3. The fourth-order valence-electron chi connectivity index (χ4n) is 2.73. The molecule has 0 amide bonds. The molecule has 104 valence electrons. The predicted octanol–water partition coefficient (Wildman–Crippen LogP) is 0.970. The van der Waals surface area contributed by atoms with E-state index < -0.39 is 0 Å². The fraction of sp³-hybridized carbons (Fsp3) is 0.400. The van der Waals surface area contributed by atoms with E-state index in [2.05, 4.69) is 11.0 Å². The third-order valence-corrected chi connectivity index (χ3v) is 3.75. The minimum absolute atomic E-state index is 0.103. The van der Waals surface area contributed by atoms with Crippen molar-refractivity contribution in [2.75, 3.05) is 26.2 Å². The lowest BCUT2D eigenvalue weighted by atomic mass is 10.1. The maximum Gasteiger partial charge on any atom is 0.102 e. The van der Waals surface area contributed by atoms with Crippen molar-refractivity contribution >= 4 is 5.52 Å². The Balaban J connectivity index is 1.85. The highest BCUT2D eigenvalue weighted by molar-refractivity contribution is 5.65. The summed E-state index contributed by atoms with van der Waals surface area (Å²) in [6.45, 7) is 3.72. The van der Waals surface area contributed by atoms with Crippen molar-refractivity contribution in [1.29, 1.82) is 5.26 Å². The van der Waals surface area contributed by atoms with Gasteiger partial charge in [0.05, 0.1) is 23.8 Å². The lowest BCUT2D eigenvalue weighted by molar-refractivity contribution is -0.0260. The molecule has 1 fully saturated rings. The summed E-state index contributed by atoms with van der Waals surface area (Å²) < 4.78 is 7.58. The zero-order valence-electron chi connectivity index (χ0n) is 11.3. The molecule has 5 heteroatoms. The van der Waals surface area contributed by atoms with Gasteiger partial charge in [-0.25, -0.2) is 0 Å². The number of nitrogens with two attached hydrogens (primary N) is 1. The van der Waals surface area contributed by atoms with Gasteiger partial charge in [-0.15, -0.1) is 0 Å². The van der Waals surface area contributed by atoms with Crippen LogP contribution in [0.25, 0.3) is 5.52 Å². The molecular weight excluding hydrogens is 252 g/mol. The van der Waals surface area contributed by atoms with Crippen LogP contribution in [0.2, 0.25) is 0 Å². The second-order valence-corrected chi connectivity index (χ2v) is 5.10. The van der Waals surface area contributed by atoms with Crippen molar-refractivity contribution < 1.29 is 4.74 Å². The van der Waals surface area contributed by atoms with Crippen molar-refractivity contribution in [2.24, 2.45) is 5.73 Å². The Bertz CT molecular complexity index is 643. The number of hydrogen-bond acceptors (Lipinski definition) is 4. The van der Waals surface area contributed by atoms with Crippen molar-refractivity contribution in [3.8, 4) is 6.07 Å². The first-order chi connectivity index (χ1) is 9.81. The molecule has 0 saturated carbocycles. The van der Waals surface area contributed by atoms with Crippen LogP contribution in [-0.2, 0) is 11.3 Å². The highest BCUT2D eigenvalue weighted by atomic mass is 16.5. The first-order valence-corrected chi connectivity index (χ1v) is 6.84. The number of pyridine rings is 1. The maximum absolute atomic E-state index is 9.41. The average Bonchev–Trinajstić information content (AvgIpc) is 2.84. The van der Waals surface area contributed by atoms with Crippen LogP contribution in [0, 0.1) is 11.3 Å². The van der Waals surface area contributed by atoms with Gasteiger partial charge in [0.2, 0.25) is 0 Å². The van der Waals surface area contributed by atoms with Crippen LogP contribution in [0.15, 0.2) is 30.6 Å². The maximum atomic E-state index is 9.41. The number of aromatic nitrogens is 1. The summed E-state index contributed by atoms with van der Waals surface area (Å²) >= 11 is 0. The minimum atomic E-state index is 0.103. The van der Waals surface area contributed by atoms with Gasteiger partial charge in [0, 0.05) is 44.1 Å². The minimum Gasteiger partial charge on any atom is -0.374 e. The van der Waals surface area contributed by atoms with Gasteiger partial charge in [0.25, 0.3) is 0 Å². The second kappa shape index (κ2) is 5.63. The Hall–Kier alpha value is -1.87. The van der Waals surface area contributed by atoms with E-state index in [1.807, 2.05) is 35.0 Å².